The molecule has 0 saturated carbocycles. The molecule has 1 aliphatic carbocycles. The van der Waals surface area contributed by atoms with Gasteiger partial charge in [-0.1, -0.05) is 38.1 Å². The standard InChI is InChI=1S/C26H28N4O3/c1-15(2)16-8-10-17(11-9-16)24-23-19(6-5-7-20(23)31)27-26-28-25(29-30(24)26)18-12-13-21(32-3)22(14-18)33-4/h8-15,24H,5-7H2,1-4H3,(H,27,28,29). The predicted molar refractivity (Wildman–Crippen MR) is 127 cm³/mol. The lowest BCUT2D eigenvalue weighted by Gasteiger charge is -2.32. The highest BCUT2D eigenvalue weighted by molar-refractivity contribution is 5.99. The Morgan fingerprint density at radius 2 is 1.79 bits per heavy atom. The number of fused-ring (bicyclic) bond motifs is 1. The Kier molecular flexibility index (Phi) is 5.40. The quantitative estimate of drug-likeness (QED) is 0.589. The number of methoxy groups -OCH3 is 2. The number of hydrogen-bond donors (Lipinski definition) is 1. The zero-order valence-corrected chi connectivity index (χ0v) is 19.4. The van der Waals surface area contributed by atoms with Crippen molar-refractivity contribution in [2.75, 3.05) is 19.5 Å². The fourth-order valence-corrected chi connectivity index (χ4v) is 4.63. The normalized spacial score (nSPS) is 17.5. The van der Waals surface area contributed by atoms with Gasteiger partial charge in [-0.25, -0.2) is 4.68 Å². The van der Waals surface area contributed by atoms with Gasteiger partial charge in [-0.05, 0) is 48.1 Å². The number of Topliss-reactive ketones (excluding diaryl/α,β-unsaturated/α-hetero) is 1. The molecule has 2 heterocycles. The molecule has 1 atom stereocenters. The topological polar surface area (TPSA) is 78.3 Å². The van der Waals surface area contributed by atoms with E-state index in [-0.39, 0.29) is 11.8 Å². The van der Waals surface area contributed by atoms with E-state index in [1.54, 1.807) is 14.2 Å². The first-order valence-corrected chi connectivity index (χ1v) is 11.3. The summed E-state index contributed by atoms with van der Waals surface area (Å²) in [6, 6.07) is 13.8. The van der Waals surface area contributed by atoms with Crippen molar-refractivity contribution in [1.29, 1.82) is 0 Å². The fraction of sp³-hybridized carbons (Fsp3) is 0.346. The second-order valence-corrected chi connectivity index (χ2v) is 8.79. The first-order chi connectivity index (χ1) is 16.0. The van der Waals surface area contributed by atoms with E-state index in [4.69, 9.17) is 19.6 Å². The molecule has 7 heteroatoms. The van der Waals surface area contributed by atoms with E-state index in [0.29, 0.717) is 35.6 Å². The second kappa shape index (κ2) is 8.39. The lowest BCUT2D eigenvalue weighted by Crippen LogP contribution is -2.31. The molecule has 0 amide bonds. The van der Waals surface area contributed by atoms with Gasteiger partial charge in [0.05, 0.1) is 14.2 Å². The number of hydrogen-bond acceptors (Lipinski definition) is 6. The van der Waals surface area contributed by atoms with E-state index in [9.17, 15) is 4.79 Å². The molecule has 0 radical (unpaired) electrons. The van der Waals surface area contributed by atoms with E-state index >= 15 is 0 Å². The van der Waals surface area contributed by atoms with Gasteiger partial charge < -0.3 is 14.8 Å². The number of benzene rings is 2. The number of rotatable bonds is 5. The van der Waals surface area contributed by atoms with Crippen LogP contribution < -0.4 is 14.8 Å². The van der Waals surface area contributed by atoms with Crippen molar-refractivity contribution in [2.24, 2.45) is 0 Å². The number of nitrogens with one attached hydrogen (secondary N) is 1. The summed E-state index contributed by atoms with van der Waals surface area (Å²) in [5, 5.41) is 8.25. The zero-order valence-electron chi connectivity index (χ0n) is 19.4. The van der Waals surface area contributed by atoms with Gasteiger partial charge in [-0.3, -0.25) is 4.79 Å². The maximum atomic E-state index is 13.0. The summed E-state index contributed by atoms with van der Waals surface area (Å²) in [6.45, 7) is 4.35. The van der Waals surface area contributed by atoms with Gasteiger partial charge in [0.15, 0.2) is 23.1 Å². The van der Waals surface area contributed by atoms with Crippen LogP contribution in [0, 0.1) is 0 Å². The Morgan fingerprint density at radius 1 is 1.03 bits per heavy atom. The summed E-state index contributed by atoms with van der Waals surface area (Å²) in [7, 11) is 3.21. The highest BCUT2D eigenvalue weighted by Crippen LogP contribution is 2.41. The molecule has 1 aliphatic heterocycles. The maximum Gasteiger partial charge on any atom is 0.226 e. The van der Waals surface area contributed by atoms with Crippen molar-refractivity contribution >= 4 is 11.7 Å². The number of ketones is 1. The molecule has 3 aromatic rings. The van der Waals surface area contributed by atoms with Gasteiger partial charge >= 0.3 is 0 Å². The molecule has 1 aromatic heterocycles. The average molecular weight is 445 g/mol. The van der Waals surface area contributed by atoms with Gasteiger partial charge in [0.1, 0.15) is 6.04 Å². The van der Waals surface area contributed by atoms with Crippen LogP contribution in [0.25, 0.3) is 11.4 Å². The SMILES string of the molecule is COc1ccc(-c2nc3n(n2)C(c2ccc(C(C)C)cc2)C2=C(CCCC2=O)N3)cc1OC. The summed E-state index contributed by atoms with van der Waals surface area (Å²) in [6.07, 6.45) is 2.24. The van der Waals surface area contributed by atoms with Crippen molar-refractivity contribution in [3.8, 4) is 22.9 Å². The van der Waals surface area contributed by atoms with Crippen LogP contribution >= 0.6 is 0 Å². The molecule has 2 aromatic carbocycles. The van der Waals surface area contributed by atoms with Crippen LogP contribution in [0.3, 0.4) is 0 Å². The van der Waals surface area contributed by atoms with Crippen LogP contribution in [-0.4, -0.2) is 34.8 Å². The Morgan fingerprint density at radius 3 is 2.48 bits per heavy atom. The third-order valence-electron chi connectivity index (χ3n) is 6.43. The predicted octanol–water partition coefficient (Wildman–Crippen LogP) is 5.11. The minimum Gasteiger partial charge on any atom is -0.493 e. The zero-order chi connectivity index (χ0) is 23.1. The molecule has 0 bridgehead atoms. The lowest BCUT2D eigenvalue weighted by atomic mass is 9.85. The van der Waals surface area contributed by atoms with Gasteiger partial charge in [-0.2, -0.15) is 4.98 Å². The Hall–Kier alpha value is -3.61. The molecule has 1 N–H and O–H groups in total. The number of nitrogens with zero attached hydrogens (tertiary/aromatic N) is 3. The molecular weight excluding hydrogens is 416 g/mol. The average Bonchev–Trinajstić information content (AvgIpc) is 3.26. The van der Waals surface area contributed by atoms with Crippen molar-refractivity contribution in [3.63, 3.8) is 0 Å². The van der Waals surface area contributed by atoms with Crippen molar-refractivity contribution < 1.29 is 14.3 Å². The fourth-order valence-electron chi connectivity index (χ4n) is 4.63. The van der Waals surface area contributed by atoms with Crippen LogP contribution in [0.2, 0.25) is 0 Å². The molecular formula is C26H28N4O3. The van der Waals surface area contributed by atoms with E-state index in [0.717, 1.165) is 35.2 Å². The molecule has 5 rings (SSSR count). The molecule has 2 aliphatic rings. The highest BCUT2D eigenvalue weighted by atomic mass is 16.5. The third kappa shape index (κ3) is 3.67. The van der Waals surface area contributed by atoms with Crippen LogP contribution in [0.15, 0.2) is 53.7 Å². The number of aromatic nitrogens is 3. The number of allylic oxidation sites excluding steroid dienone is 2. The first kappa shape index (κ1) is 21.2. The van der Waals surface area contributed by atoms with Crippen LogP contribution in [0.5, 0.6) is 11.5 Å². The third-order valence-corrected chi connectivity index (χ3v) is 6.43. The monoisotopic (exact) mass is 444 g/mol. The van der Waals surface area contributed by atoms with Crippen molar-refractivity contribution in [2.45, 2.75) is 45.1 Å². The van der Waals surface area contributed by atoms with Gasteiger partial charge in [-0.15, -0.1) is 5.10 Å². The molecule has 0 saturated heterocycles. The largest absolute Gasteiger partial charge is 0.493 e. The Labute approximate surface area is 193 Å². The van der Waals surface area contributed by atoms with Gasteiger partial charge in [0.2, 0.25) is 5.95 Å². The van der Waals surface area contributed by atoms with Crippen molar-refractivity contribution in [3.05, 3.63) is 64.9 Å². The molecule has 0 fully saturated rings. The molecule has 33 heavy (non-hydrogen) atoms. The van der Waals surface area contributed by atoms with E-state index < -0.39 is 0 Å². The van der Waals surface area contributed by atoms with Gasteiger partial charge in [0.25, 0.3) is 0 Å². The molecule has 1 unspecified atom stereocenters. The van der Waals surface area contributed by atoms with Crippen molar-refractivity contribution in [1.82, 2.24) is 14.8 Å². The van der Waals surface area contributed by atoms with E-state index in [1.165, 1.54) is 5.56 Å². The minimum absolute atomic E-state index is 0.176. The highest BCUT2D eigenvalue weighted by Gasteiger charge is 2.37. The van der Waals surface area contributed by atoms with E-state index in [1.807, 2.05) is 22.9 Å². The summed E-state index contributed by atoms with van der Waals surface area (Å²) in [4.78, 5) is 17.8. The lowest BCUT2D eigenvalue weighted by molar-refractivity contribution is -0.116. The van der Waals surface area contributed by atoms with Crippen LogP contribution in [-0.2, 0) is 4.79 Å². The number of carbonyl (C=O) groups excluding carboxylic acids is 1. The summed E-state index contributed by atoms with van der Waals surface area (Å²) in [5.74, 6) is 3.09. The summed E-state index contributed by atoms with van der Waals surface area (Å²) >= 11 is 0. The molecule has 7 nitrogen and oxygen atoms in total. The number of anilines is 1. The summed E-state index contributed by atoms with van der Waals surface area (Å²) in [5.41, 5.74) is 4.88. The molecule has 170 valence electrons. The van der Waals surface area contributed by atoms with Crippen LogP contribution in [0.4, 0.5) is 5.95 Å². The first-order valence-electron chi connectivity index (χ1n) is 11.3. The smallest absolute Gasteiger partial charge is 0.226 e. The van der Waals surface area contributed by atoms with Crippen LogP contribution in [0.1, 0.15) is 56.2 Å². The minimum atomic E-state index is -0.299. The maximum absolute atomic E-state index is 13.0. The summed E-state index contributed by atoms with van der Waals surface area (Å²) < 4.78 is 12.7. The molecule has 0 spiro atoms. The van der Waals surface area contributed by atoms with E-state index in [2.05, 4.69) is 43.4 Å². The second-order valence-electron chi connectivity index (χ2n) is 8.79. The van der Waals surface area contributed by atoms with Gasteiger partial charge in [0, 0.05) is 23.3 Å². The Balaban J connectivity index is 1.62. The number of ether oxygens (including phenoxy) is 2. The number of carbonyl (C=O) groups is 1. The Bertz CT molecular complexity index is 1240.